The van der Waals surface area contributed by atoms with Crippen LogP contribution in [0.3, 0.4) is 0 Å². The van der Waals surface area contributed by atoms with Gasteiger partial charge in [-0.1, -0.05) is 6.08 Å². The summed E-state index contributed by atoms with van der Waals surface area (Å²) < 4.78 is 5.23. The Kier molecular flexibility index (Phi) is 2.66. The highest BCUT2D eigenvalue weighted by atomic mass is 16.3. The number of rotatable bonds is 3. The Bertz CT molecular complexity index is 258. The molecule has 2 nitrogen and oxygen atoms in total. The van der Waals surface area contributed by atoms with Crippen molar-refractivity contribution in [3.05, 3.63) is 29.7 Å². The van der Waals surface area contributed by atoms with E-state index >= 15 is 0 Å². The highest BCUT2D eigenvalue weighted by molar-refractivity contribution is 5.56. The topological polar surface area (TPSA) is 30.2 Å². The lowest BCUT2D eigenvalue weighted by atomic mass is 10.3. The van der Waals surface area contributed by atoms with Crippen LogP contribution in [0.5, 0.6) is 0 Å². The van der Waals surface area contributed by atoms with Gasteiger partial charge in [-0.05, 0) is 25.1 Å². The quantitative estimate of drug-likeness (QED) is 0.618. The maximum atomic E-state index is 9.92. The van der Waals surface area contributed by atoms with Gasteiger partial charge in [-0.2, -0.15) is 0 Å². The number of hydrogen-bond acceptors (Lipinski definition) is 2. The molecule has 0 amide bonds. The van der Waals surface area contributed by atoms with Crippen molar-refractivity contribution in [2.75, 3.05) is 0 Å². The summed E-state index contributed by atoms with van der Waals surface area (Å²) in [4.78, 5) is 9.92. The summed E-state index contributed by atoms with van der Waals surface area (Å²) in [5, 5.41) is 0. The number of carbonyl (C=O) groups excluding carboxylic acids is 1. The SMILES string of the molecule is Cc1ccc(/C=C\CC=O)o1. The third-order valence-corrected chi connectivity index (χ3v) is 1.28. The lowest BCUT2D eigenvalue weighted by molar-refractivity contribution is -0.107. The van der Waals surface area contributed by atoms with E-state index in [1.54, 1.807) is 12.2 Å². The molecule has 0 radical (unpaired) electrons. The Balaban J connectivity index is 2.56. The van der Waals surface area contributed by atoms with Gasteiger partial charge in [0.2, 0.25) is 0 Å². The largest absolute Gasteiger partial charge is 0.462 e. The van der Waals surface area contributed by atoms with Gasteiger partial charge in [-0.25, -0.2) is 0 Å². The summed E-state index contributed by atoms with van der Waals surface area (Å²) in [6.07, 6.45) is 4.86. The minimum absolute atomic E-state index is 0.444. The highest BCUT2D eigenvalue weighted by Gasteiger charge is 1.90. The van der Waals surface area contributed by atoms with E-state index in [4.69, 9.17) is 4.42 Å². The number of carbonyl (C=O) groups is 1. The Morgan fingerprint density at radius 3 is 2.91 bits per heavy atom. The molecule has 0 aromatic carbocycles. The minimum atomic E-state index is 0.444. The van der Waals surface area contributed by atoms with Crippen LogP contribution < -0.4 is 0 Å². The third kappa shape index (κ3) is 2.42. The van der Waals surface area contributed by atoms with E-state index in [-0.39, 0.29) is 0 Å². The number of aryl methyl sites for hydroxylation is 1. The van der Waals surface area contributed by atoms with E-state index in [1.165, 1.54) is 0 Å². The summed E-state index contributed by atoms with van der Waals surface area (Å²) in [6, 6.07) is 3.76. The van der Waals surface area contributed by atoms with E-state index in [9.17, 15) is 4.79 Å². The fraction of sp³-hybridized carbons (Fsp3) is 0.222. The maximum Gasteiger partial charge on any atom is 0.126 e. The highest BCUT2D eigenvalue weighted by Crippen LogP contribution is 2.07. The van der Waals surface area contributed by atoms with E-state index in [2.05, 4.69) is 0 Å². The van der Waals surface area contributed by atoms with Crippen LogP contribution in [0.1, 0.15) is 17.9 Å². The monoisotopic (exact) mass is 150 g/mol. The molecular formula is C9H10O2. The molecule has 1 rings (SSSR count). The van der Waals surface area contributed by atoms with Crippen molar-refractivity contribution < 1.29 is 9.21 Å². The zero-order valence-electron chi connectivity index (χ0n) is 6.41. The fourth-order valence-electron chi connectivity index (χ4n) is 0.783. The molecule has 0 spiro atoms. The summed E-state index contributed by atoms with van der Waals surface area (Å²) in [5.74, 6) is 1.68. The second kappa shape index (κ2) is 3.76. The smallest absolute Gasteiger partial charge is 0.126 e. The van der Waals surface area contributed by atoms with Crippen molar-refractivity contribution >= 4 is 12.4 Å². The third-order valence-electron chi connectivity index (χ3n) is 1.28. The lowest BCUT2D eigenvalue weighted by Crippen LogP contribution is -1.65. The van der Waals surface area contributed by atoms with Crippen LogP contribution in [0.15, 0.2) is 22.6 Å². The Hall–Kier alpha value is -1.31. The summed E-state index contributed by atoms with van der Waals surface area (Å²) in [7, 11) is 0. The van der Waals surface area contributed by atoms with Crippen LogP contribution in [-0.2, 0) is 4.79 Å². The van der Waals surface area contributed by atoms with Crippen LogP contribution in [-0.4, -0.2) is 6.29 Å². The number of allylic oxidation sites excluding steroid dienone is 1. The van der Waals surface area contributed by atoms with E-state index < -0.39 is 0 Å². The molecule has 58 valence electrons. The second-order valence-corrected chi connectivity index (χ2v) is 2.25. The first-order valence-corrected chi connectivity index (χ1v) is 3.49. The average molecular weight is 150 g/mol. The number of aldehydes is 1. The van der Waals surface area contributed by atoms with E-state index in [0.29, 0.717) is 6.42 Å². The van der Waals surface area contributed by atoms with Crippen molar-refractivity contribution in [1.82, 2.24) is 0 Å². The Morgan fingerprint density at radius 1 is 1.55 bits per heavy atom. The molecule has 0 saturated carbocycles. The van der Waals surface area contributed by atoms with Crippen LogP contribution in [0, 0.1) is 6.92 Å². The lowest BCUT2D eigenvalue weighted by Gasteiger charge is -1.82. The Morgan fingerprint density at radius 2 is 2.36 bits per heavy atom. The van der Waals surface area contributed by atoms with Crippen LogP contribution >= 0.6 is 0 Å². The molecule has 0 atom stereocenters. The van der Waals surface area contributed by atoms with Crippen LogP contribution in [0.2, 0.25) is 0 Å². The van der Waals surface area contributed by atoms with Crippen LogP contribution in [0.4, 0.5) is 0 Å². The molecule has 0 fully saturated rings. The summed E-state index contributed by atoms with van der Waals surface area (Å²) in [6.45, 7) is 1.89. The minimum Gasteiger partial charge on any atom is -0.462 e. The van der Waals surface area contributed by atoms with Gasteiger partial charge in [0.1, 0.15) is 17.8 Å². The van der Waals surface area contributed by atoms with Gasteiger partial charge >= 0.3 is 0 Å². The molecule has 0 saturated heterocycles. The molecule has 0 aliphatic rings. The van der Waals surface area contributed by atoms with Crippen molar-refractivity contribution in [3.63, 3.8) is 0 Å². The predicted octanol–water partition coefficient (Wildman–Crippen LogP) is 2.19. The molecule has 2 heteroatoms. The molecular weight excluding hydrogens is 140 g/mol. The number of furan rings is 1. The molecule has 1 heterocycles. The molecule has 0 unspecified atom stereocenters. The summed E-state index contributed by atoms with van der Waals surface area (Å²) in [5.41, 5.74) is 0. The molecule has 0 bridgehead atoms. The molecule has 0 aliphatic carbocycles. The normalized spacial score (nSPS) is 10.6. The van der Waals surface area contributed by atoms with Crippen LogP contribution in [0.25, 0.3) is 6.08 Å². The first-order chi connectivity index (χ1) is 5.33. The fourth-order valence-corrected chi connectivity index (χ4v) is 0.783. The van der Waals surface area contributed by atoms with Gasteiger partial charge < -0.3 is 9.21 Å². The molecule has 0 aliphatic heterocycles. The first kappa shape index (κ1) is 7.79. The molecule has 1 aromatic heterocycles. The van der Waals surface area contributed by atoms with Gasteiger partial charge in [0.15, 0.2) is 0 Å². The van der Waals surface area contributed by atoms with Gasteiger partial charge in [0, 0.05) is 6.42 Å². The second-order valence-electron chi connectivity index (χ2n) is 2.25. The summed E-state index contributed by atoms with van der Waals surface area (Å²) >= 11 is 0. The van der Waals surface area contributed by atoms with E-state index in [1.807, 2.05) is 19.1 Å². The van der Waals surface area contributed by atoms with Gasteiger partial charge in [-0.15, -0.1) is 0 Å². The standard InChI is InChI=1S/C9H10O2/c1-8-5-6-9(11-8)4-2-3-7-10/h2,4-7H,3H2,1H3/b4-2-. The Labute approximate surface area is 65.5 Å². The van der Waals surface area contributed by atoms with Crippen molar-refractivity contribution in [2.45, 2.75) is 13.3 Å². The zero-order valence-corrected chi connectivity index (χ0v) is 6.41. The zero-order chi connectivity index (χ0) is 8.10. The first-order valence-electron chi connectivity index (χ1n) is 3.49. The van der Waals surface area contributed by atoms with E-state index in [0.717, 1.165) is 17.8 Å². The van der Waals surface area contributed by atoms with Crippen molar-refractivity contribution in [1.29, 1.82) is 0 Å². The van der Waals surface area contributed by atoms with Gasteiger partial charge in [0.05, 0.1) is 0 Å². The average Bonchev–Trinajstić information content (AvgIpc) is 2.37. The molecule has 0 N–H and O–H groups in total. The maximum absolute atomic E-state index is 9.92. The van der Waals surface area contributed by atoms with Gasteiger partial charge in [-0.3, -0.25) is 0 Å². The molecule has 1 aromatic rings. The van der Waals surface area contributed by atoms with Gasteiger partial charge in [0.25, 0.3) is 0 Å². The van der Waals surface area contributed by atoms with Crippen molar-refractivity contribution in [3.8, 4) is 0 Å². The molecule has 11 heavy (non-hydrogen) atoms. The van der Waals surface area contributed by atoms with Crippen molar-refractivity contribution in [2.24, 2.45) is 0 Å². The number of hydrogen-bond donors (Lipinski definition) is 0. The predicted molar refractivity (Wildman–Crippen MR) is 43.2 cm³/mol.